The van der Waals surface area contributed by atoms with E-state index in [4.69, 9.17) is 4.74 Å². The minimum atomic E-state index is -0.580. The second kappa shape index (κ2) is 6.45. The highest BCUT2D eigenvalue weighted by Gasteiger charge is 2.18. The van der Waals surface area contributed by atoms with Crippen molar-refractivity contribution in [3.63, 3.8) is 0 Å². The van der Waals surface area contributed by atoms with E-state index in [1.807, 2.05) is 0 Å². The van der Waals surface area contributed by atoms with Crippen LogP contribution in [0.3, 0.4) is 0 Å². The summed E-state index contributed by atoms with van der Waals surface area (Å²) < 4.78 is 18.4. The van der Waals surface area contributed by atoms with Gasteiger partial charge in [0.1, 0.15) is 11.5 Å². The molecule has 5 nitrogen and oxygen atoms in total. The Morgan fingerprint density at radius 2 is 2.19 bits per heavy atom. The molecule has 0 saturated heterocycles. The van der Waals surface area contributed by atoms with E-state index >= 15 is 0 Å². The summed E-state index contributed by atoms with van der Waals surface area (Å²) in [7, 11) is 0. The molecular formula is C14H13FN2O3S. The van der Waals surface area contributed by atoms with Gasteiger partial charge in [-0.25, -0.2) is 14.2 Å². The first-order valence-electron chi connectivity index (χ1n) is 6.22. The van der Waals surface area contributed by atoms with E-state index in [0.29, 0.717) is 5.56 Å². The third-order valence-corrected chi connectivity index (χ3v) is 3.47. The number of carbonyl (C=O) groups excluding carboxylic acids is 2. The molecule has 110 valence electrons. The van der Waals surface area contributed by atoms with Crippen LogP contribution >= 0.6 is 11.3 Å². The molecule has 2 rings (SSSR count). The molecule has 1 N–H and O–H groups in total. The SMILES string of the molecule is CCOC(=O)c1nc(C(=O)Nc2c(C)cccc2F)cs1. The van der Waals surface area contributed by atoms with E-state index in [1.54, 1.807) is 26.0 Å². The van der Waals surface area contributed by atoms with E-state index in [1.165, 1.54) is 11.4 Å². The lowest BCUT2D eigenvalue weighted by atomic mass is 10.2. The summed E-state index contributed by atoms with van der Waals surface area (Å²) in [5.74, 6) is -1.68. The Kier molecular flexibility index (Phi) is 4.64. The van der Waals surface area contributed by atoms with E-state index in [-0.39, 0.29) is 23.0 Å². The number of esters is 1. The third-order valence-electron chi connectivity index (χ3n) is 2.65. The number of para-hydroxylation sites is 1. The van der Waals surface area contributed by atoms with Crippen molar-refractivity contribution in [2.24, 2.45) is 0 Å². The maximum absolute atomic E-state index is 13.7. The van der Waals surface area contributed by atoms with Crippen LogP contribution in [0.1, 0.15) is 32.8 Å². The predicted octanol–water partition coefficient (Wildman–Crippen LogP) is 3.02. The molecule has 1 heterocycles. The van der Waals surface area contributed by atoms with Crippen molar-refractivity contribution in [2.75, 3.05) is 11.9 Å². The molecule has 0 fully saturated rings. The fourth-order valence-corrected chi connectivity index (χ4v) is 2.32. The summed E-state index contributed by atoms with van der Waals surface area (Å²) in [6, 6.07) is 4.50. The number of thiazole rings is 1. The van der Waals surface area contributed by atoms with E-state index in [9.17, 15) is 14.0 Å². The van der Waals surface area contributed by atoms with Crippen molar-refractivity contribution < 1.29 is 18.7 Å². The summed E-state index contributed by atoms with van der Waals surface area (Å²) in [5.41, 5.74) is 0.753. The Hall–Kier alpha value is -2.28. The summed E-state index contributed by atoms with van der Waals surface area (Å²) in [4.78, 5) is 27.4. The zero-order valence-electron chi connectivity index (χ0n) is 11.5. The predicted molar refractivity (Wildman–Crippen MR) is 77.2 cm³/mol. The number of rotatable bonds is 4. The fourth-order valence-electron chi connectivity index (χ4n) is 1.63. The van der Waals surface area contributed by atoms with Crippen molar-refractivity contribution in [1.82, 2.24) is 4.98 Å². The fraction of sp³-hybridized carbons (Fsp3) is 0.214. The third kappa shape index (κ3) is 3.43. The lowest BCUT2D eigenvalue weighted by molar-refractivity contribution is 0.0526. The second-order valence-electron chi connectivity index (χ2n) is 4.14. The minimum absolute atomic E-state index is 0.0470. The lowest BCUT2D eigenvalue weighted by Gasteiger charge is -2.07. The number of amides is 1. The van der Waals surface area contributed by atoms with Gasteiger partial charge in [-0.3, -0.25) is 4.79 Å². The molecule has 0 unspecified atom stereocenters. The number of hydrogen-bond donors (Lipinski definition) is 1. The molecule has 0 bridgehead atoms. The minimum Gasteiger partial charge on any atom is -0.461 e. The topological polar surface area (TPSA) is 68.3 Å². The number of nitrogens with one attached hydrogen (secondary N) is 1. The molecule has 7 heteroatoms. The van der Waals surface area contributed by atoms with Gasteiger partial charge in [0.15, 0.2) is 0 Å². The number of benzene rings is 1. The average Bonchev–Trinajstić information content (AvgIpc) is 2.93. The molecule has 0 aliphatic heterocycles. The number of carbonyl (C=O) groups is 2. The Bertz CT molecular complexity index is 664. The van der Waals surface area contributed by atoms with Gasteiger partial charge in [-0.05, 0) is 25.5 Å². The monoisotopic (exact) mass is 308 g/mol. The van der Waals surface area contributed by atoms with E-state index < -0.39 is 17.7 Å². The molecule has 1 aromatic carbocycles. The van der Waals surface area contributed by atoms with Gasteiger partial charge in [-0.15, -0.1) is 11.3 Å². The van der Waals surface area contributed by atoms with Crippen molar-refractivity contribution in [2.45, 2.75) is 13.8 Å². The number of hydrogen-bond acceptors (Lipinski definition) is 5. The quantitative estimate of drug-likeness (QED) is 0.882. The molecule has 1 amide bonds. The van der Waals surface area contributed by atoms with Crippen LogP contribution < -0.4 is 5.32 Å². The first kappa shape index (κ1) is 15.1. The van der Waals surface area contributed by atoms with Crippen LogP contribution in [0.4, 0.5) is 10.1 Å². The molecule has 0 aliphatic carbocycles. The zero-order chi connectivity index (χ0) is 15.4. The van der Waals surface area contributed by atoms with Crippen LogP contribution in [-0.4, -0.2) is 23.5 Å². The number of aryl methyl sites for hydroxylation is 1. The molecule has 0 spiro atoms. The van der Waals surface area contributed by atoms with Crippen molar-refractivity contribution in [1.29, 1.82) is 0 Å². The number of aromatic nitrogens is 1. The molecule has 2 aromatic rings. The molecular weight excluding hydrogens is 295 g/mol. The van der Waals surface area contributed by atoms with Crippen LogP contribution in [0.25, 0.3) is 0 Å². The van der Waals surface area contributed by atoms with Crippen molar-refractivity contribution in [3.8, 4) is 0 Å². The average molecular weight is 308 g/mol. The van der Waals surface area contributed by atoms with Crippen LogP contribution in [0.15, 0.2) is 23.6 Å². The number of nitrogens with zero attached hydrogens (tertiary/aromatic N) is 1. The molecule has 21 heavy (non-hydrogen) atoms. The highest BCUT2D eigenvalue weighted by Crippen LogP contribution is 2.20. The Morgan fingerprint density at radius 3 is 2.86 bits per heavy atom. The Balaban J connectivity index is 2.16. The summed E-state index contributed by atoms with van der Waals surface area (Å²) in [6.45, 7) is 3.60. The summed E-state index contributed by atoms with van der Waals surface area (Å²) in [5, 5.41) is 3.98. The molecule has 0 radical (unpaired) electrons. The van der Waals surface area contributed by atoms with Gasteiger partial charge in [-0.1, -0.05) is 12.1 Å². The first-order valence-corrected chi connectivity index (χ1v) is 7.10. The number of halogens is 1. The normalized spacial score (nSPS) is 10.2. The molecule has 1 aromatic heterocycles. The maximum Gasteiger partial charge on any atom is 0.367 e. The van der Waals surface area contributed by atoms with Gasteiger partial charge in [0, 0.05) is 5.38 Å². The van der Waals surface area contributed by atoms with Gasteiger partial charge >= 0.3 is 5.97 Å². The highest BCUT2D eigenvalue weighted by atomic mass is 32.1. The summed E-state index contributed by atoms with van der Waals surface area (Å²) in [6.07, 6.45) is 0. The second-order valence-corrected chi connectivity index (χ2v) is 5.00. The van der Waals surface area contributed by atoms with Gasteiger partial charge in [0.25, 0.3) is 5.91 Å². The van der Waals surface area contributed by atoms with E-state index in [0.717, 1.165) is 11.3 Å². The zero-order valence-corrected chi connectivity index (χ0v) is 12.3. The van der Waals surface area contributed by atoms with Crippen LogP contribution in [0.5, 0.6) is 0 Å². The van der Waals surface area contributed by atoms with Gasteiger partial charge in [0.05, 0.1) is 12.3 Å². The largest absolute Gasteiger partial charge is 0.461 e. The first-order chi connectivity index (χ1) is 10.0. The Morgan fingerprint density at radius 1 is 1.43 bits per heavy atom. The van der Waals surface area contributed by atoms with Crippen LogP contribution in [0.2, 0.25) is 0 Å². The smallest absolute Gasteiger partial charge is 0.367 e. The maximum atomic E-state index is 13.7. The summed E-state index contributed by atoms with van der Waals surface area (Å²) >= 11 is 1.00. The van der Waals surface area contributed by atoms with Crippen LogP contribution in [-0.2, 0) is 4.74 Å². The van der Waals surface area contributed by atoms with Crippen LogP contribution in [0, 0.1) is 12.7 Å². The van der Waals surface area contributed by atoms with Crippen molar-refractivity contribution >= 4 is 28.9 Å². The standard InChI is InChI=1S/C14H13FN2O3S/c1-3-20-14(19)13-16-10(7-21-13)12(18)17-11-8(2)5-4-6-9(11)15/h4-7H,3H2,1-2H3,(H,17,18). The van der Waals surface area contributed by atoms with Gasteiger partial charge in [0.2, 0.25) is 5.01 Å². The highest BCUT2D eigenvalue weighted by molar-refractivity contribution is 7.11. The van der Waals surface area contributed by atoms with E-state index in [2.05, 4.69) is 10.3 Å². The van der Waals surface area contributed by atoms with Gasteiger partial charge in [-0.2, -0.15) is 0 Å². The molecule has 0 atom stereocenters. The number of anilines is 1. The lowest BCUT2D eigenvalue weighted by Crippen LogP contribution is -2.15. The molecule has 0 saturated carbocycles. The van der Waals surface area contributed by atoms with Gasteiger partial charge < -0.3 is 10.1 Å². The number of ether oxygens (including phenoxy) is 1. The van der Waals surface area contributed by atoms with Crippen molar-refractivity contribution in [3.05, 3.63) is 45.7 Å². The molecule has 0 aliphatic rings. The Labute approximate surface area is 124 Å².